The lowest BCUT2D eigenvalue weighted by Crippen LogP contribution is -2.40. The summed E-state index contributed by atoms with van der Waals surface area (Å²) in [7, 11) is 1.27. The van der Waals surface area contributed by atoms with Gasteiger partial charge >= 0.3 is 5.69 Å². The summed E-state index contributed by atoms with van der Waals surface area (Å²) in [5, 5.41) is -0.145. The number of nitrogens with zero attached hydrogens (tertiary/aromatic N) is 3. The van der Waals surface area contributed by atoms with E-state index in [1.54, 1.807) is 24.3 Å². The van der Waals surface area contributed by atoms with Crippen molar-refractivity contribution in [1.29, 1.82) is 0 Å². The third-order valence-electron chi connectivity index (χ3n) is 4.22. The number of benzene rings is 2. The summed E-state index contributed by atoms with van der Waals surface area (Å²) in [6.45, 7) is 6.75. The number of halogens is 3. The van der Waals surface area contributed by atoms with Crippen LogP contribution in [0.15, 0.2) is 63.6 Å². The summed E-state index contributed by atoms with van der Waals surface area (Å²) in [4.78, 5) is 29.0. The monoisotopic (exact) mass is 425 g/mol. The Morgan fingerprint density at radius 1 is 1.07 bits per heavy atom. The van der Waals surface area contributed by atoms with Crippen LogP contribution in [-0.4, -0.2) is 15.9 Å². The minimum Gasteiger partial charge on any atom is -0.293 e. The van der Waals surface area contributed by atoms with Crippen molar-refractivity contribution in [3.05, 3.63) is 98.3 Å². The Hall–Kier alpha value is -3.76. The summed E-state index contributed by atoms with van der Waals surface area (Å²) in [6, 6.07) is 10.7. The van der Waals surface area contributed by atoms with Gasteiger partial charge in [-0.3, -0.25) is 14.4 Å². The number of hydrogen-bond donors (Lipinski definition) is 0. The number of aromatic nitrogens is 2. The fraction of sp³-hybridized carbons (Fsp3) is 0.0455. The third kappa shape index (κ3) is 3.73. The molecule has 0 bridgehead atoms. The Bertz CT molecular complexity index is 1340. The minimum absolute atomic E-state index is 0.0373. The van der Waals surface area contributed by atoms with Gasteiger partial charge in [0.1, 0.15) is 5.69 Å². The van der Waals surface area contributed by atoms with Gasteiger partial charge in [-0.05, 0) is 31.0 Å². The molecule has 0 saturated carbocycles. The van der Waals surface area contributed by atoms with Gasteiger partial charge in [-0.2, -0.15) is 0 Å². The SMILES string of the molecule is C=Nc1c(C(=C)Cl)n(C)c(=O)n(-c2c(F)cc(C#Cc3ccccc3)cc2F)c1=O. The van der Waals surface area contributed by atoms with Crippen LogP contribution in [0.5, 0.6) is 0 Å². The van der Waals surface area contributed by atoms with Gasteiger partial charge in [0.2, 0.25) is 0 Å². The average Bonchev–Trinajstić information content (AvgIpc) is 2.71. The molecule has 0 amide bonds. The van der Waals surface area contributed by atoms with Gasteiger partial charge in [0.15, 0.2) is 17.3 Å². The Kier molecular flexibility index (Phi) is 5.81. The van der Waals surface area contributed by atoms with Gasteiger partial charge in [0.25, 0.3) is 5.56 Å². The lowest BCUT2D eigenvalue weighted by Gasteiger charge is -2.14. The van der Waals surface area contributed by atoms with Gasteiger partial charge in [-0.15, -0.1) is 0 Å². The Labute approximate surface area is 175 Å². The van der Waals surface area contributed by atoms with Gasteiger partial charge in [-0.25, -0.2) is 18.1 Å². The van der Waals surface area contributed by atoms with E-state index in [4.69, 9.17) is 11.6 Å². The molecule has 5 nitrogen and oxygen atoms in total. The summed E-state index contributed by atoms with van der Waals surface area (Å²) in [5.74, 6) is 3.15. The van der Waals surface area contributed by atoms with E-state index >= 15 is 0 Å². The van der Waals surface area contributed by atoms with Gasteiger partial charge in [-0.1, -0.05) is 48.2 Å². The van der Waals surface area contributed by atoms with Crippen LogP contribution in [0.25, 0.3) is 10.7 Å². The zero-order valence-corrected chi connectivity index (χ0v) is 16.5. The van der Waals surface area contributed by atoms with E-state index < -0.39 is 28.6 Å². The van der Waals surface area contributed by atoms with Crippen LogP contribution in [0.3, 0.4) is 0 Å². The lowest BCUT2D eigenvalue weighted by molar-refractivity contribution is 0.556. The van der Waals surface area contributed by atoms with Crippen molar-refractivity contribution in [2.75, 3.05) is 0 Å². The van der Waals surface area contributed by atoms with E-state index in [1.807, 2.05) is 6.07 Å². The summed E-state index contributed by atoms with van der Waals surface area (Å²) >= 11 is 5.85. The quantitative estimate of drug-likeness (QED) is 0.474. The van der Waals surface area contributed by atoms with E-state index in [0.29, 0.717) is 10.1 Å². The molecule has 0 aliphatic carbocycles. The predicted molar refractivity (Wildman–Crippen MR) is 114 cm³/mol. The lowest BCUT2D eigenvalue weighted by atomic mass is 10.1. The zero-order chi connectivity index (χ0) is 22.0. The van der Waals surface area contributed by atoms with Crippen LogP contribution in [0.4, 0.5) is 14.5 Å². The van der Waals surface area contributed by atoms with Crippen LogP contribution in [-0.2, 0) is 7.05 Å². The molecule has 0 spiro atoms. The maximum atomic E-state index is 14.8. The van der Waals surface area contributed by atoms with Crippen molar-refractivity contribution < 1.29 is 8.78 Å². The van der Waals surface area contributed by atoms with E-state index in [9.17, 15) is 18.4 Å². The molecule has 0 aliphatic heterocycles. The topological polar surface area (TPSA) is 56.4 Å². The first-order valence-corrected chi connectivity index (χ1v) is 8.88. The molecule has 0 unspecified atom stereocenters. The molecule has 0 fully saturated rings. The summed E-state index contributed by atoms with van der Waals surface area (Å²) in [5.41, 5.74) is -2.70. The molecule has 0 atom stereocenters. The van der Waals surface area contributed by atoms with Gasteiger partial charge in [0.05, 0.1) is 10.7 Å². The molecule has 8 heteroatoms. The second kappa shape index (κ2) is 8.31. The van der Waals surface area contributed by atoms with Crippen LogP contribution >= 0.6 is 11.6 Å². The van der Waals surface area contributed by atoms with Gasteiger partial charge < -0.3 is 0 Å². The van der Waals surface area contributed by atoms with Crippen LogP contribution in [0.1, 0.15) is 16.8 Å². The second-order valence-corrected chi connectivity index (χ2v) is 6.60. The molecule has 2 aromatic carbocycles. The van der Waals surface area contributed by atoms with Crippen LogP contribution < -0.4 is 11.2 Å². The fourth-order valence-electron chi connectivity index (χ4n) is 2.87. The average molecular weight is 426 g/mol. The van der Waals surface area contributed by atoms with E-state index in [0.717, 1.165) is 16.7 Å². The van der Waals surface area contributed by atoms with Crippen LogP contribution in [0, 0.1) is 23.5 Å². The van der Waals surface area contributed by atoms with Crippen molar-refractivity contribution in [3.8, 4) is 17.5 Å². The summed E-state index contributed by atoms with van der Waals surface area (Å²) in [6.07, 6.45) is 0. The number of rotatable bonds is 3. The molecule has 1 heterocycles. The van der Waals surface area contributed by atoms with Crippen molar-refractivity contribution in [2.45, 2.75) is 0 Å². The highest BCUT2D eigenvalue weighted by Crippen LogP contribution is 2.24. The first-order chi connectivity index (χ1) is 14.3. The molecule has 0 radical (unpaired) electrons. The maximum absolute atomic E-state index is 14.8. The minimum atomic E-state index is -1.14. The Morgan fingerprint density at radius 2 is 1.63 bits per heavy atom. The molecule has 1 aromatic heterocycles. The normalized spacial score (nSPS) is 10.3. The first-order valence-electron chi connectivity index (χ1n) is 8.50. The van der Waals surface area contributed by atoms with Gasteiger partial charge in [0, 0.05) is 18.2 Å². The highest BCUT2D eigenvalue weighted by molar-refractivity contribution is 6.48. The fourth-order valence-corrected chi connectivity index (χ4v) is 3.08. The molecule has 30 heavy (non-hydrogen) atoms. The molecular formula is C22H14ClF2N3O2. The molecular weight excluding hydrogens is 412 g/mol. The maximum Gasteiger partial charge on any atom is 0.336 e. The molecule has 3 rings (SSSR count). The molecule has 0 aliphatic rings. The number of aliphatic imine (C=N–C) groups is 1. The molecule has 0 N–H and O–H groups in total. The Morgan fingerprint density at radius 3 is 2.17 bits per heavy atom. The Balaban J connectivity index is 2.23. The summed E-state index contributed by atoms with van der Waals surface area (Å²) < 4.78 is 30.9. The first kappa shape index (κ1) is 21.0. The van der Waals surface area contributed by atoms with Crippen LogP contribution in [0.2, 0.25) is 0 Å². The highest BCUT2D eigenvalue weighted by Gasteiger charge is 2.23. The predicted octanol–water partition coefficient (Wildman–Crippen LogP) is 3.76. The number of hydrogen-bond acceptors (Lipinski definition) is 3. The standard InChI is InChI=1S/C22H14ClF2N3O2/c1-13(23)19-18(26-2)21(29)28(22(30)27(19)3)20-16(24)11-15(12-17(20)25)10-9-14-7-5-4-6-8-14/h4-8,11-12H,1-2H2,3H3. The van der Waals surface area contributed by atoms with Crippen molar-refractivity contribution in [3.63, 3.8) is 0 Å². The van der Waals surface area contributed by atoms with Crippen molar-refractivity contribution >= 4 is 29.0 Å². The van der Waals surface area contributed by atoms with E-state index in [-0.39, 0.29) is 22.0 Å². The van der Waals surface area contributed by atoms with E-state index in [1.165, 1.54) is 7.05 Å². The zero-order valence-electron chi connectivity index (χ0n) is 15.7. The second-order valence-electron chi connectivity index (χ2n) is 6.15. The molecule has 3 aromatic rings. The van der Waals surface area contributed by atoms with E-state index in [2.05, 4.69) is 30.1 Å². The third-order valence-corrected chi connectivity index (χ3v) is 4.40. The van der Waals surface area contributed by atoms with Crippen molar-refractivity contribution in [2.24, 2.45) is 12.0 Å². The largest absolute Gasteiger partial charge is 0.336 e. The molecule has 0 saturated heterocycles. The molecule has 150 valence electrons. The smallest absolute Gasteiger partial charge is 0.293 e. The highest BCUT2D eigenvalue weighted by atomic mass is 35.5. The van der Waals surface area contributed by atoms with Crippen molar-refractivity contribution in [1.82, 2.24) is 9.13 Å².